The molecule has 1 atom stereocenters. The number of ketones is 1. The number of carboxylic acid groups (broad SMARTS) is 1. The van der Waals surface area contributed by atoms with E-state index >= 15 is 0 Å². The van der Waals surface area contributed by atoms with Gasteiger partial charge < -0.3 is 9.94 Å². The Hall–Kier alpha value is -1.69. The van der Waals surface area contributed by atoms with Gasteiger partial charge in [-0.1, -0.05) is 19.9 Å². The van der Waals surface area contributed by atoms with Crippen molar-refractivity contribution in [3.05, 3.63) is 11.6 Å². The van der Waals surface area contributed by atoms with E-state index < -0.39 is 17.9 Å². The number of carbonyl (C=O) groups is 3. The fourth-order valence-corrected chi connectivity index (χ4v) is 1.12. The van der Waals surface area contributed by atoms with Crippen molar-refractivity contribution in [2.24, 2.45) is 11.8 Å². The number of allylic oxidation sites excluding steroid dienone is 1. The summed E-state index contributed by atoms with van der Waals surface area (Å²) in [6.45, 7) is 6.58. The molecule has 0 aromatic heterocycles. The molecule has 0 aliphatic heterocycles. The van der Waals surface area contributed by atoms with Gasteiger partial charge in [0.1, 0.15) is 11.7 Å². The first-order valence-electron chi connectivity index (χ1n) is 5.62. The monoisotopic (exact) mass is 259 g/mol. The van der Waals surface area contributed by atoms with E-state index in [1.54, 1.807) is 19.9 Å². The molecule has 3 N–H and O–H groups in total. The van der Waals surface area contributed by atoms with Crippen LogP contribution in [0.1, 0.15) is 40.5 Å². The predicted molar refractivity (Wildman–Crippen MR) is 66.4 cm³/mol. The number of hydrogen-bond donors (Lipinski definition) is 2. The van der Waals surface area contributed by atoms with E-state index in [-0.39, 0.29) is 5.78 Å². The molecule has 6 nitrogen and oxygen atoms in total. The van der Waals surface area contributed by atoms with Gasteiger partial charge in [-0.25, -0.2) is 4.79 Å². The van der Waals surface area contributed by atoms with Crippen molar-refractivity contribution in [2.75, 3.05) is 0 Å². The maximum atomic E-state index is 10.5. The maximum absolute atomic E-state index is 10.5. The Morgan fingerprint density at radius 3 is 1.94 bits per heavy atom. The zero-order valence-corrected chi connectivity index (χ0v) is 11.2. The lowest BCUT2D eigenvalue weighted by atomic mass is 10.0. The first kappa shape index (κ1) is 18.7. The zero-order valence-electron chi connectivity index (χ0n) is 11.2. The summed E-state index contributed by atoms with van der Waals surface area (Å²) in [5.41, 5.74) is 0.556. The zero-order chi connectivity index (χ0) is 14.7. The number of aliphatic carboxylic acids is 1. The van der Waals surface area contributed by atoms with Gasteiger partial charge in [0.25, 0.3) is 0 Å². The molecule has 104 valence electrons. The molecular formula is C12H21NO5. The van der Waals surface area contributed by atoms with Crippen LogP contribution in [0.4, 0.5) is 0 Å². The summed E-state index contributed by atoms with van der Waals surface area (Å²) >= 11 is 0. The average Bonchev–Trinajstić information content (AvgIpc) is 2.28. The van der Waals surface area contributed by atoms with E-state index in [2.05, 4.69) is 10.7 Å². The van der Waals surface area contributed by atoms with Crippen LogP contribution in [0, 0.1) is 5.92 Å². The Bertz CT molecular complexity index is 308. The average molecular weight is 259 g/mol. The normalized spacial score (nSPS) is 11.9. The van der Waals surface area contributed by atoms with Crippen LogP contribution < -0.4 is 5.90 Å². The fourth-order valence-electron chi connectivity index (χ4n) is 1.12. The maximum Gasteiger partial charge on any atom is 0.351 e. The van der Waals surface area contributed by atoms with Crippen molar-refractivity contribution in [3.63, 3.8) is 0 Å². The molecule has 6 heteroatoms. The SMILES string of the molecule is CCC(C(C)=O)C(=O)O.CCC=C(C)C(=O)ON. The van der Waals surface area contributed by atoms with E-state index in [1.807, 2.05) is 6.92 Å². The molecule has 0 aromatic carbocycles. The summed E-state index contributed by atoms with van der Waals surface area (Å²) in [4.78, 5) is 35.0. The van der Waals surface area contributed by atoms with Gasteiger partial charge in [0.05, 0.1) is 0 Å². The van der Waals surface area contributed by atoms with Gasteiger partial charge >= 0.3 is 11.9 Å². The van der Waals surface area contributed by atoms with Gasteiger partial charge in [0, 0.05) is 5.57 Å². The third-order valence-electron chi connectivity index (χ3n) is 2.14. The van der Waals surface area contributed by atoms with E-state index in [4.69, 9.17) is 5.11 Å². The molecule has 0 saturated carbocycles. The summed E-state index contributed by atoms with van der Waals surface area (Å²) in [6.07, 6.45) is 2.96. The van der Waals surface area contributed by atoms with Gasteiger partial charge in [0.15, 0.2) is 0 Å². The summed E-state index contributed by atoms with van der Waals surface area (Å²) in [5.74, 6) is 2.05. The van der Waals surface area contributed by atoms with Gasteiger partial charge in [-0.2, -0.15) is 5.90 Å². The van der Waals surface area contributed by atoms with Crippen LogP contribution in [-0.2, 0) is 19.2 Å². The van der Waals surface area contributed by atoms with Crippen LogP contribution >= 0.6 is 0 Å². The molecule has 0 aliphatic rings. The first-order chi connectivity index (χ1) is 8.31. The lowest BCUT2D eigenvalue weighted by Gasteiger charge is -2.01. The predicted octanol–water partition coefficient (Wildman–Crippen LogP) is 1.45. The minimum absolute atomic E-state index is 0.273. The van der Waals surface area contributed by atoms with Crippen molar-refractivity contribution in [2.45, 2.75) is 40.5 Å². The van der Waals surface area contributed by atoms with Crippen LogP contribution in [0.2, 0.25) is 0 Å². The molecule has 0 spiro atoms. The third kappa shape index (κ3) is 8.46. The minimum atomic E-state index is -1.02. The molecule has 0 fully saturated rings. The number of carboxylic acids is 1. The molecule has 18 heavy (non-hydrogen) atoms. The van der Waals surface area contributed by atoms with Crippen molar-refractivity contribution in [1.82, 2.24) is 0 Å². The van der Waals surface area contributed by atoms with Gasteiger partial charge in [0.2, 0.25) is 0 Å². The Kier molecular flexibility index (Phi) is 10.9. The lowest BCUT2D eigenvalue weighted by Crippen LogP contribution is -2.19. The van der Waals surface area contributed by atoms with E-state index in [0.717, 1.165) is 6.42 Å². The van der Waals surface area contributed by atoms with E-state index in [0.29, 0.717) is 12.0 Å². The highest BCUT2D eigenvalue weighted by Crippen LogP contribution is 2.02. The van der Waals surface area contributed by atoms with Crippen molar-refractivity contribution in [3.8, 4) is 0 Å². The van der Waals surface area contributed by atoms with Crippen molar-refractivity contribution >= 4 is 17.7 Å². The van der Waals surface area contributed by atoms with Crippen LogP contribution in [0.3, 0.4) is 0 Å². The topological polar surface area (TPSA) is 107 Å². The van der Waals surface area contributed by atoms with Crippen LogP contribution in [0.5, 0.6) is 0 Å². The molecule has 0 aliphatic carbocycles. The molecule has 0 saturated heterocycles. The van der Waals surface area contributed by atoms with Crippen LogP contribution in [-0.4, -0.2) is 22.8 Å². The quantitative estimate of drug-likeness (QED) is 0.439. The number of Topliss-reactive ketones (excluding diaryl/α,β-unsaturated/α-hetero) is 1. The van der Waals surface area contributed by atoms with Gasteiger partial charge in [-0.3, -0.25) is 9.59 Å². The Morgan fingerprint density at radius 2 is 1.78 bits per heavy atom. The fraction of sp³-hybridized carbons (Fsp3) is 0.583. The Balaban J connectivity index is 0. The highest BCUT2D eigenvalue weighted by Gasteiger charge is 2.19. The lowest BCUT2D eigenvalue weighted by molar-refractivity contribution is -0.146. The smallest absolute Gasteiger partial charge is 0.351 e. The molecule has 0 amide bonds. The second-order valence-electron chi connectivity index (χ2n) is 3.61. The van der Waals surface area contributed by atoms with E-state index in [9.17, 15) is 14.4 Å². The molecule has 1 unspecified atom stereocenters. The van der Waals surface area contributed by atoms with Crippen LogP contribution in [0.25, 0.3) is 0 Å². The van der Waals surface area contributed by atoms with Crippen LogP contribution in [0.15, 0.2) is 11.6 Å². The van der Waals surface area contributed by atoms with Crippen molar-refractivity contribution < 1.29 is 24.3 Å². The molecule has 0 radical (unpaired) electrons. The third-order valence-corrected chi connectivity index (χ3v) is 2.14. The largest absolute Gasteiger partial charge is 0.481 e. The summed E-state index contributed by atoms with van der Waals surface area (Å²) in [6, 6.07) is 0. The summed E-state index contributed by atoms with van der Waals surface area (Å²) in [5, 5.41) is 8.32. The Morgan fingerprint density at radius 1 is 1.28 bits per heavy atom. The second kappa shape index (κ2) is 10.5. The summed E-state index contributed by atoms with van der Waals surface area (Å²) in [7, 11) is 0. The molecular weight excluding hydrogens is 238 g/mol. The van der Waals surface area contributed by atoms with Gasteiger partial charge in [-0.15, -0.1) is 0 Å². The summed E-state index contributed by atoms with van der Waals surface area (Å²) < 4.78 is 0. The Labute approximate surface area is 107 Å². The molecule has 0 bridgehead atoms. The molecule has 0 rings (SSSR count). The van der Waals surface area contributed by atoms with Gasteiger partial charge in [-0.05, 0) is 26.7 Å². The standard InChI is InChI=1S/C6H11NO2.C6H10O3/c1-3-4-5(2)6(8)9-7;1-3-5(4(2)7)6(8)9/h4H,3,7H2,1-2H3;5H,3H2,1-2H3,(H,8,9). The first-order valence-corrected chi connectivity index (χ1v) is 5.62. The highest BCUT2D eigenvalue weighted by molar-refractivity contribution is 5.96. The number of hydrogen-bond acceptors (Lipinski definition) is 5. The number of nitrogens with two attached hydrogens (primary N) is 1. The molecule has 0 aromatic rings. The highest BCUT2D eigenvalue weighted by atomic mass is 16.7. The van der Waals surface area contributed by atoms with E-state index in [1.165, 1.54) is 6.92 Å². The second-order valence-corrected chi connectivity index (χ2v) is 3.61. The van der Waals surface area contributed by atoms with Crippen molar-refractivity contribution in [1.29, 1.82) is 0 Å². The number of carbonyl (C=O) groups excluding carboxylic acids is 2. The number of rotatable bonds is 5. The minimum Gasteiger partial charge on any atom is -0.481 e. The molecule has 0 heterocycles.